The molecular weight excluding hydrogens is 298 g/mol. The van der Waals surface area contributed by atoms with E-state index < -0.39 is 36.2 Å². The number of rotatable bonds is 9. The summed E-state index contributed by atoms with van der Waals surface area (Å²) in [5, 5.41) is 42.4. The zero-order valence-corrected chi connectivity index (χ0v) is 11.7. The van der Waals surface area contributed by atoms with Crippen LogP contribution in [0.3, 0.4) is 0 Å². The first-order valence-electron chi connectivity index (χ1n) is 6.60. The summed E-state index contributed by atoms with van der Waals surface area (Å²) in [6.45, 7) is -0.474. The van der Waals surface area contributed by atoms with Gasteiger partial charge in [0.1, 0.15) is 23.7 Å². The van der Waals surface area contributed by atoms with E-state index >= 15 is 0 Å². The second-order valence-corrected chi connectivity index (χ2v) is 4.56. The first kappa shape index (κ1) is 18.1. The van der Waals surface area contributed by atoms with Crippen LogP contribution in [0.1, 0.15) is 0 Å². The van der Waals surface area contributed by atoms with Crippen molar-refractivity contribution in [1.29, 1.82) is 0 Å². The number of nitrogens with one attached hydrogen (secondary N) is 4. The highest BCUT2D eigenvalue weighted by atomic mass is 16.4. The van der Waals surface area contributed by atoms with E-state index in [4.69, 9.17) is 10.8 Å². The molecule has 0 fully saturated rings. The zero-order chi connectivity index (χ0) is 16.7. The van der Waals surface area contributed by atoms with Gasteiger partial charge in [0.05, 0.1) is 12.7 Å². The molecule has 1 aromatic rings. The zero-order valence-electron chi connectivity index (χ0n) is 11.7. The molecular formula is C11H21N5O6. The van der Waals surface area contributed by atoms with Gasteiger partial charge in [-0.15, -0.1) is 0 Å². The number of H-pyrrole nitrogens is 2. The molecule has 11 heteroatoms. The fraction of sp³-hybridized carbons (Fsp3) is 0.636. The highest BCUT2D eigenvalue weighted by molar-refractivity contribution is 5.62. The number of nitrogens with two attached hydrogens (primary N) is 1. The van der Waals surface area contributed by atoms with Crippen molar-refractivity contribution in [2.24, 2.45) is 5.73 Å². The van der Waals surface area contributed by atoms with Crippen LogP contribution in [-0.4, -0.2) is 74.9 Å². The van der Waals surface area contributed by atoms with Crippen molar-refractivity contribution in [3.63, 3.8) is 0 Å². The van der Waals surface area contributed by atoms with Gasteiger partial charge in [-0.3, -0.25) is 14.8 Å². The van der Waals surface area contributed by atoms with Crippen molar-refractivity contribution >= 4 is 11.5 Å². The SMILES string of the molecule is NCCNc1c(NC[C@H](O)[C@H](O)[C@H](O)CO)[nH]c(=O)[nH]c1=O. The summed E-state index contributed by atoms with van der Waals surface area (Å²) in [7, 11) is 0. The Morgan fingerprint density at radius 2 is 1.77 bits per heavy atom. The molecule has 11 nitrogen and oxygen atoms in total. The summed E-state index contributed by atoms with van der Waals surface area (Å²) in [4.78, 5) is 27.3. The van der Waals surface area contributed by atoms with Crippen LogP contribution < -0.4 is 27.6 Å². The van der Waals surface area contributed by atoms with E-state index in [-0.39, 0.29) is 31.1 Å². The maximum Gasteiger partial charge on any atom is 0.327 e. The third-order valence-corrected chi connectivity index (χ3v) is 2.85. The lowest BCUT2D eigenvalue weighted by molar-refractivity contribution is -0.0715. The highest BCUT2D eigenvalue weighted by Crippen LogP contribution is 2.11. The molecule has 0 radical (unpaired) electrons. The second-order valence-electron chi connectivity index (χ2n) is 4.56. The van der Waals surface area contributed by atoms with Crippen LogP contribution in [0.15, 0.2) is 9.59 Å². The standard InChI is InChI=1S/C11H21N5O6/c12-1-2-13-7-9(15-11(22)16-10(7)21)14-3-5(18)8(20)6(19)4-17/h5-6,8,13,17-20H,1-4,12H2,(H3,14,15,16,21,22)/t5-,6+,8-/m0/s1. The van der Waals surface area contributed by atoms with Crippen LogP contribution in [0.4, 0.5) is 11.5 Å². The van der Waals surface area contributed by atoms with Crippen molar-refractivity contribution < 1.29 is 20.4 Å². The summed E-state index contributed by atoms with van der Waals surface area (Å²) < 4.78 is 0. The molecule has 0 aromatic carbocycles. The lowest BCUT2D eigenvalue weighted by atomic mass is 10.1. The molecule has 0 bridgehead atoms. The molecule has 1 aromatic heterocycles. The van der Waals surface area contributed by atoms with E-state index in [0.29, 0.717) is 0 Å². The fourth-order valence-electron chi connectivity index (χ4n) is 1.68. The predicted molar refractivity (Wildman–Crippen MR) is 78.8 cm³/mol. The van der Waals surface area contributed by atoms with Crippen LogP contribution in [0.25, 0.3) is 0 Å². The maximum atomic E-state index is 11.7. The van der Waals surface area contributed by atoms with Gasteiger partial charge < -0.3 is 36.8 Å². The first-order valence-corrected chi connectivity index (χ1v) is 6.60. The molecule has 126 valence electrons. The molecule has 22 heavy (non-hydrogen) atoms. The molecule has 0 aliphatic heterocycles. The third kappa shape index (κ3) is 4.82. The Morgan fingerprint density at radius 1 is 1.09 bits per heavy atom. The number of anilines is 2. The molecule has 3 atom stereocenters. The Kier molecular flexibility index (Phi) is 7.01. The van der Waals surface area contributed by atoms with Gasteiger partial charge in [0.15, 0.2) is 0 Å². The van der Waals surface area contributed by atoms with Crippen molar-refractivity contribution in [3.8, 4) is 0 Å². The van der Waals surface area contributed by atoms with Gasteiger partial charge in [-0.2, -0.15) is 0 Å². The van der Waals surface area contributed by atoms with Crippen LogP contribution in [0, 0.1) is 0 Å². The lowest BCUT2D eigenvalue weighted by Gasteiger charge is -2.22. The average Bonchev–Trinajstić information content (AvgIpc) is 2.49. The summed E-state index contributed by atoms with van der Waals surface area (Å²) in [6, 6.07) is 0. The topological polar surface area (TPSA) is 197 Å². The molecule has 0 aliphatic rings. The molecule has 0 spiro atoms. The van der Waals surface area contributed by atoms with Gasteiger partial charge in [-0.25, -0.2) is 4.79 Å². The monoisotopic (exact) mass is 319 g/mol. The number of aliphatic hydroxyl groups is 4. The van der Waals surface area contributed by atoms with Crippen molar-refractivity contribution in [2.75, 3.05) is 36.9 Å². The molecule has 0 aliphatic carbocycles. The number of hydrogen-bond donors (Lipinski definition) is 9. The van der Waals surface area contributed by atoms with E-state index in [1.807, 2.05) is 4.98 Å². The molecule has 0 unspecified atom stereocenters. The number of aromatic amines is 2. The van der Waals surface area contributed by atoms with E-state index in [0.717, 1.165) is 0 Å². The minimum atomic E-state index is -1.59. The smallest absolute Gasteiger partial charge is 0.327 e. The second kappa shape index (κ2) is 8.51. The Labute approximate surface area is 124 Å². The molecule has 0 saturated heterocycles. The summed E-state index contributed by atoms with van der Waals surface area (Å²) in [6.07, 6.45) is -4.54. The normalized spacial score (nSPS) is 15.1. The molecule has 1 rings (SSSR count). The number of aliphatic hydroxyl groups excluding tert-OH is 4. The average molecular weight is 319 g/mol. The summed E-state index contributed by atoms with van der Waals surface area (Å²) in [5.74, 6) is 0.00642. The first-order chi connectivity index (χ1) is 10.4. The molecule has 0 saturated carbocycles. The van der Waals surface area contributed by atoms with Gasteiger partial charge in [0.25, 0.3) is 5.56 Å². The Morgan fingerprint density at radius 3 is 2.36 bits per heavy atom. The van der Waals surface area contributed by atoms with Gasteiger partial charge in [-0.05, 0) is 0 Å². The van der Waals surface area contributed by atoms with E-state index in [1.165, 1.54) is 0 Å². The molecule has 1 heterocycles. The fourth-order valence-corrected chi connectivity index (χ4v) is 1.68. The van der Waals surface area contributed by atoms with E-state index in [2.05, 4.69) is 15.6 Å². The van der Waals surface area contributed by atoms with Crippen molar-refractivity contribution in [1.82, 2.24) is 9.97 Å². The summed E-state index contributed by atoms with van der Waals surface area (Å²) >= 11 is 0. The van der Waals surface area contributed by atoms with Crippen LogP contribution in [0.2, 0.25) is 0 Å². The van der Waals surface area contributed by atoms with E-state index in [9.17, 15) is 24.9 Å². The van der Waals surface area contributed by atoms with Crippen LogP contribution in [0.5, 0.6) is 0 Å². The van der Waals surface area contributed by atoms with Gasteiger partial charge in [0.2, 0.25) is 0 Å². The molecule has 0 amide bonds. The summed E-state index contributed by atoms with van der Waals surface area (Å²) in [5.41, 5.74) is 3.92. The Hall–Kier alpha value is -1.92. The van der Waals surface area contributed by atoms with Crippen LogP contribution in [-0.2, 0) is 0 Å². The van der Waals surface area contributed by atoms with Crippen molar-refractivity contribution in [2.45, 2.75) is 18.3 Å². The minimum Gasteiger partial charge on any atom is -0.394 e. The van der Waals surface area contributed by atoms with Gasteiger partial charge in [0, 0.05) is 19.6 Å². The number of hydrogen-bond acceptors (Lipinski definition) is 9. The maximum absolute atomic E-state index is 11.7. The minimum absolute atomic E-state index is 0.00642. The number of aromatic nitrogens is 2. The quantitative estimate of drug-likeness (QED) is 0.217. The molecule has 10 N–H and O–H groups in total. The third-order valence-electron chi connectivity index (χ3n) is 2.85. The van der Waals surface area contributed by atoms with Gasteiger partial charge >= 0.3 is 5.69 Å². The predicted octanol–water partition coefficient (Wildman–Crippen LogP) is -4.08. The Bertz CT molecular complexity index is 573. The Balaban J connectivity index is 2.84. The van der Waals surface area contributed by atoms with E-state index in [1.54, 1.807) is 0 Å². The largest absolute Gasteiger partial charge is 0.394 e. The lowest BCUT2D eigenvalue weighted by Crippen LogP contribution is -2.43. The van der Waals surface area contributed by atoms with Gasteiger partial charge in [-0.1, -0.05) is 0 Å². The highest BCUT2D eigenvalue weighted by Gasteiger charge is 2.24. The van der Waals surface area contributed by atoms with Crippen LogP contribution >= 0.6 is 0 Å². The van der Waals surface area contributed by atoms with Crippen molar-refractivity contribution in [3.05, 3.63) is 20.8 Å².